The van der Waals surface area contributed by atoms with E-state index in [0.29, 0.717) is 6.61 Å². The number of hydrogen-bond donors (Lipinski definition) is 1. The largest absolute Gasteiger partial charge is 0.494 e. The molecule has 2 rings (SSSR count). The second-order valence-electron chi connectivity index (χ2n) is 3.73. The molecule has 0 aliphatic carbocycles. The molecule has 2 aromatic rings. The van der Waals surface area contributed by atoms with Crippen molar-refractivity contribution in [1.82, 2.24) is 0 Å². The summed E-state index contributed by atoms with van der Waals surface area (Å²) in [6.45, 7) is 2.66. The molecule has 0 spiro atoms. The third kappa shape index (κ3) is 3.01. The molecule has 0 atom stereocenters. The average Bonchev–Trinajstić information content (AvgIpc) is 2.29. The number of rotatable bonds is 3. The lowest BCUT2D eigenvalue weighted by atomic mass is 10.1. The van der Waals surface area contributed by atoms with Crippen molar-refractivity contribution in [3.8, 4) is 16.9 Å². The highest BCUT2D eigenvalue weighted by molar-refractivity contribution is 9.10. The Balaban J connectivity index is 2.32. The van der Waals surface area contributed by atoms with Crippen molar-refractivity contribution in [3.05, 3.63) is 46.9 Å². The number of hydrogen-bond acceptors (Lipinski definition) is 2. The normalized spacial score (nSPS) is 10.2. The topological polar surface area (TPSA) is 35.2 Å². The van der Waals surface area contributed by atoms with Gasteiger partial charge in [-0.25, -0.2) is 0 Å². The van der Waals surface area contributed by atoms with Gasteiger partial charge in [0.1, 0.15) is 5.75 Å². The summed E-state index contributed by atoms with van der Waals surface area (Å²) in [7, 11) is 0. The molecule has 0 fully saturated rings. The molecule has 17 heavy (non-hydrogen) atoms. The van der Waals surface area contributed by atoms with E-state index in [1.165, 1.54) is 0 Å². The molecule has 3 heteroatoms. The molecular weight excluding hydrogens is 278 g/mol. The summed E-state index contributed by atoms with van der Waals surface area (Å²) in [4.78, 5) is 0. The van der Waals surface area contributed by atoms with Gasteiger partial charge in [0.15, 0.2) is 0 Å². The molecule has 2 aromatic carbocycles. The molecule has 0 aliphatic heterocycles. The van der Waals surface area contributed by atoms with Crippen molar-refractivity contribution in [3.63, 3.8) is 0 Å². The van der Waals surface area contributed by atoms with E-state index in [0.717, 1.165) is 27.0 Å². The molecule has 0 heterocycles. The summed E-state index contributed by atoms with van der Waals surface area (Å²) in [6, 6.07) is 13.9. The van der Waals surface area contributed by atoms with Crippen molar-refractivity contribution < 1.29 is 4.74 Å². The van der Waals surface area contributed by atoms with Crippen LogP contribution in [0, 0.1) is 0 Å². The summed E-state index contributed by atoms with van der Waals surface area (Å²) in [5, 5.41) is 0. The van der Waals surface area contributed by atoms with Gasteiger partial charge < -0.3 is 10.5 Å². The van der Waals surface area contributed by atoms with Gasteiger partial charge in [-0.3, -0.25) is 0 Å². The fraction of sp³-hybridized carbons (Fsp3) is 0.143. The first-order chi connectivity index (χ1) is 8.19. The zero-order valence-electron chi connectivity index (χ0n) is 9.61. The summed E-state index contributed by atoms with van der Waals surface area (Å²) < 4.78 is 6.40. The number of nitrogen functional groups attached to an aromatic ring is 1. The van der Waals surface area contributed by atoms with Gasteiger partial charge >= 0.3 is 0 Å². The molecule has 0 bridgehead atoms. The quantitative estimate of drug-likeness (QED) is 0.864. The number of halogens is 1. The SMILES string of the molecule is CCOc1ccc(-c2cc(N)cc(Br)c2)cc1. The van der Waals surface area contributed by atoms with Gasteiger partial charge in [-0.1, -0.05) is 28.1 Å². The van der Waals surface area contributed by atoms with Gasteiger partial charge in [0.25, 0.3) is 0 Å². The molecule has 0 radical (unpaired) electrons. The van der Waals surface area contributed by atoms with Crippen molar-refractivity contribution in [2.75, 3.05) is 12.3 Å². The Morgan fingerprint density at radius 2 is 1.76 bits per heavy atom. The minimum atomic E-state index is 0.684. The molecule has 0 aromatic heterocycles. The standard InChI is InChI=1S/C14H14BrNO/c1-2-17-14-5-3-10(4-6-14)11-7-12(15)9-13(16)8-11/h3-9H,2,16H2,1H3. The van der Waals surface area contributed by atoms with E-state index < -0.39 is 0 Å². The highest BCUT2D eigenvalue weighted by atomic mass is 79.9. The Labute approximate surface area is 110 Å². The predicted octanol–water partition coefficient (Wildman–Crippen LogP) is 4.10. The van der Waals surface area contributed by atoms with Crippen LogP contribution in [0.5, 0.6) is 5.75 Å². The minimum absolute atomic E-state index is 0.684. The first kappa shape index (κ1) is 12.0. The Morgan fingerprint density at radius 3 is 2.35 bits per heavy atom. The summed E-state index contributed by atoms with van der Waals surface area (Å²) >= 11 is 3.44. The maximum Gasteiger partial charge on any atom is 0.119 e. The smallest absolute Gasteiger partial charge is 0.119 e. The molecule has 0 saturated carbocycles. The fourth-order valence-electron chi connectivity index (χ4n) is 1.69. The number of nitrogens with two attached hydrogens (primary N) is 1. The van der Waals surface area contributed by atoms with Gasteiger partial charge in [-0.05, 0) is 48.4 Å². The van der Waals surface area contributed by atoms with Crippen LogP contribution in [-0.4, -0.2) is 6.61 Å². The lowest BCUT2D eigenvalue weighted by Crippen LogP contribution is -1.91. The number of ether oxygens (including phenoxy) is 1. The Morgan fingerprint density at radius 1 is 1.06 bits per heavy atom. The molecule has 0 amide bonds. The second-order valence-corrected chi connectivity index (χ2v) is 4.65. The minimum Gasteiger partial charge on any atom is -0.494 e. The summed E-state index contributed by atoms with van der Waals surface area (Å²) in [6.07, 6.45) is 0. The maximum absolute atomic E-state index is 5.82. The fourth-order valence-corrected chi connectivity index (χ4v) is 2.20. The predicted molar refractivity (Wildman–Crippen MR) is 75.2 cm³/mol. The van der Waals surface area contributed by atoms with Crippen LogP contribution in [0.1, 0.15) is 6.92 Å². The van der Waals surface area contributed by atoms with Gasteiger partial charge in [-0.2, -0.15) is 0 Å². The average molecular weight is 292 g/mol. The van der Waals surface area contributed by atoms with Gasteiger partial charge in [0.2, 0.25) is 0 Å². The second kappa shape index (κ2) is 5.23. The molecule has 2 N–H and O–H groups in total. The van der Waals surface area contributed by atoms with E-state index >= 15 is 0 Å². The Hall–Kier alpha value is -1.48. The van der Waals surface area contributed by atoms with Gasteiger partial charge in [0, 0.05) is 10.2 Å². The molecule has 88 valence electrons. The number of anilines is 1. The van der Waals surface area contributed by atoms with Crippen LogP contribution < -0.4 is 10.5 Å². The van der Waals surface area contributed by atoms with Crippen LogP contribution in [0.3, 0.4) is 0 Å². The Kier molecular flexibility index (Phi) is 3.69. The highest BCUT2D eigenvalue weighted by Gasteiger charge is 2.01. The van der Waals surface area contributed by atoms with Gasteiger partial charge in [-0.15, -0.1) is 0 Å². The van der Waals surface area contributed by atoms with E-state index in [2.05, 4.69) is 15.9 Å². The first-order valence-corrected chi connectivity index (χ1v) is 6.27. The zero-order valence-corrected chi connectivity index (χ0v) is 11.2. The number of benzene rings is 2. The van der Waals surface area contributed by atoms with Crippen LogP contribution in [-0.2, 0) is 0 Å². The molecule has 0 unspecified atom stereocenters. The van der Waals surface area contributed by atoms with E-state index in [-0.39, 0.29) is 0 Å². The van der Waals surface area contributed by atoms with Crippen molar-refractivity contribution in [2.24, 2.45) is 0 Å². The summed E-state index contributed by atoms with van der Waals surface area (Å²) in [5.41, 5.74) is 8.80. The monoisotopic (exact) mass is 291 g/mol. The van der Waals surface area contributed by atoms with E-state index in [1.54, 1.807) is 0 Å². The van der Waals surface area contributed by atoms with E-state index in [9.17, 15) is 0 Å². The first-order valence-electron chi connectivity index (χ1n) is 5.48. The molecule has 0 aliphatic rings. The van der Waals surface area contributed by atoms with E-state index in [1.807, 2.05) is 49.4 Å². The van der Waals surface area contributed by atoms with Crippen molar-refractivity contribution in [2.45, 2.75) is 6.92 Å². The lowest BCUT2D eigenvalue weighted by molar-refractivity contribution is 0.340. The maximum atomic E-state index is 5.82. The third-order valence-corrected chi connectivity index (χ3v) is 2.88. The van der Waals surface area contributed by atoms with Crippen LogP contribution in [0.2, 0.25) is 0 Å². The third-order valence-electron chi connectivity index (χ3n) is 2.42. The zero-order chi connectivity index (χ0) is 12.3. The Bertz CT molecular complexity index is 488. The van der Waals surface area contributed by atoms with Crippen LogP contribution in [0.15, 0.2) is 46.9 Å². The lowest BCUT2D eigenvalue weighted by Gasteiger charge is -2.06. The molecule has 2 nitrogen and oxygen atoms in total. The van der Waals surface area contributed by atoms with Crippen LogP contribution in [0.4, 0.5) is 5.69 Å². The van der Waals surface area contributed by atoms with Crippen molar-refractivity contribution >= 4 is 21.6 Å². The summed E-state index contributed by atoms with van der Waals surface area (Å²) in [5.74, 6) is 0.888. The van der Waals surface area contributed by atoms with Crippen molar-refractivity contribution in [1.29, 1.82) is 0 Å². The highest BCUT2D eigenvalue weighted by Crippen LogP contribution is 2.27. The molecule has 0 saturated heterocycles. The van der Waals surface area contributed by atoms with E-state index in [4.69, 9.17) is 10.5 Å². The molecular formula is C14H14BrNO. The van der Waals surface area contributed by atoms with Gasteiger partial charge in [0.05, 0.1) is 6.61 Å². The van der Waals surface area contributed by atoms with Crippen LogP contribution >= 0.6 is 15.9 Å². The van der Waals surface area contributed by atoms with Crippen LogP contribution in [0.25, 0.3) is 11.1 Å².